The standard InChI is InChI=1S/C28H33N3O3/c1-34-26-14-5-2-9-21(26)18-31-19-24(22-11-3-4-12-23(22)28(31)33)27(32)29-17-20-10-8-16-30-15-7-6-13-25(20)30/h2-5,9,11-12,14,19-20,25H,6-8,10,13,15-18H2,1H3,(H,29,32)/t20-,25-/m1/s1. The number of ether oxygens (including phenoxy) is 1. The molecule has 1 amide bonds. The number of hydrogen-bond donors (Lipinski definition) is 1. The van der Waals surface area contributed by atoms with Gasteiger partial charge in [-0.15, -0.1) is 0 Å². The minimum Gasteiger partial charge on any atom is -0.496 e. The molecule has 0 bridgehead atoms. The van der Waals surface area contributed by atoms with Gasteiger partial charge in [-0.1, -0.05) is 42.8 Å². The van der Waals surface area contributed by atoms with Gasteiger partial charge in [-0.25, -0.2) is 0 Å². The Labute approximate surface area is 200 Å². The molecule has 3 heterocycles. The molecule has 3 aromatic rings. The summed E-state index contributed by atoms with van der Waals surface area (Å²) in [4.78, 5) is 29.3. The van der Waals surface area contributed by atoms with Crippen molar-refractivity contribution in [1.82, 2.24) is 14.8 Å². The first-order valence-corrected chi connectivity index (χ1v) is 12.4. The number of carbonyl (C=O) groups is 1. The Bertz CT molecular complexity index is 1230. The van der Waals surface area contributed by atoms with Gasteiger partial charge >= 0.3 is 0 Å². The third-order valence-corrected chi connectivity index (χ3v) is 7.52. The molecule has 1 aromatic heterocycles. The van der Waals surface area contributed by atoms with Crippen LogP contribution < -0.4 is 15.6 Å². The molecule has 0 saturated carbocycles. The van der Waals surface area contributed by atoms with Crippen LogP contribution >= 0.6 is 0 Å². The highest BCUT2D eigenvalue weighted by Crippen LogP contribution is 2.30. The van der Waals surface area contributed by atoms with Crippen molar-refractivity contribution in [2.24, 2.45) is 5.92 Å². The number of para-hydroxylation sites is 1. The summed E-state index contributed by atoms with van der Waals surface area (Å²) in [6.07, 6.45) is 7.87. The lowest BCUT2D eigenvalue weighted by atomic mass is 9.83. The van der Waals surface area contributed by atoms with E-state index < -0.39 is 0 Å². The van der Waals surface area contributed by atoms with Gasteiger partial charge in [0.15, 0.2) is 0 Å². The second kappa shape index (κ2) is 10.0. The average Bonchev–Trinajstić information content (AvgIpc) is 2.89. The lowest BCUT2D eigenvalue weighted by molar-refractivity contribution is 0.0576. The van der Waals surface area contributed by atoms with Gasteiger partial charge in [0.05, 0.1) is 19.2 Å². The number of hydrogen-bond acceptors (Lipinski definition) is 4. The van der Waals surface area contributed by atoms with Crippen molar-refractivity contribution in [1.29, 1.82) is 0 Å². The van der Waals surface area contributed by atoms with E-state index in [4.69, 9.17) is 4.74 Å². The fourth-order valence-corrected chi connectivity index (χ4v) is 5.79. The third-order valence-electron chi connectivity index (χ3n) is 7.52. The highest BCUT2D eigenvalue weighted by molar-refractivity contribution is 6.06. The van der Waals surface area contributed by atoms with Gasteiger partial charge in [0.2, 0.25) is 0 Å². The van der Waals surface area contributed by atoms with Crippen LogP contribution in [0.4, 0.5) is 0 Å². The number of nitrogens with one attached hydrogen (secondary N) is 1. The Hall–Kier alpha value is -3.12. The molecule has 178 valence electrons. The van der Waals surface area contributed by atoms with Crippen molar-refractivity contribution in [3.63, 3.8) is 0 Å². The van der Waals surface area contributed by atoms with Gasteiger partial charge in [0, 0.05) is 35.1 Å². The van der Waals surface area contributed by atoms with Crippen LogP contribution in [0.25, 0.3) is 10.8 Å². The molecule has 5 rings (SSSR count). The molecule has 6 heteroatoms. The first-order valence-electron chi connectivity index (χ1n) is 12.4. The quantitative estimate of drug-likeness (QED) is 0.604. The molecule has 6 nitrogen and oxygen atoms in total. The Morgan fingerprint density at radius 3 is 2.62 bits per heavy atom. The number of aromatic nitrogens is 1. The van der Waals surface area contributed by atoms with E-state index in [0.29, 0.717) is 41.4 Å². The number of benzene rings is 2. The van der Waals surface area contributed by atoms with Crippen LogP contribution in [0.15, 0.2) is 59.5 Å². The Balaban J connectivity index is 1.42. The fraction of sp³-hybridized carbons (Fsp3) is 0.429. The van der Waals surface area contributed by atoms with Crippen LogP contribution in [0, 0.1) is 5.92 Å². The van der Waals surface area contributed by atoms with Gasteiger partial charge in [-0.3, -0.25) is 9.59 Å². The summed E-state index contributed by atoms with van der Waals surface area (Å²) in [6, 6.07) is 15.6. The van der Waals surface area contributed by atoms with Crippen LogP contribution in [0.3, 0.4) is 0 Å². The predicted molar refractivity (Wildman–Crippen MR) is 135 cm³/mol. The third kappa shape index (κ3) is 4.47. The van der Waals surface area contributed by atoms with Crippen molar-refractivity contribution in [2.75, 3.05) is 26.7 Å². The molecule has 0 radical (unpaired) electrons. The van der Waals surface area contributed by atoms with Crippen LogP contribution in [-0.2, 0) is 6.54 Å². The van der Waals surface area contributed by atoms with E-state index in [9.17, 15) is 9.59 Å². The van der Waals surface area contributed by atoms with Gasteiger partial charge in [0.1, 0.15) is 5.75 Å². The summed E-state index contributed by atoms with van der Waals surface area (Å²) in [5.74, 6) is 1.10. The van der Waals surface area contributed by atoms with E-state index in [1.807, 2.05) is 42.5 Å². The zero-order chi connectivity index (χ0) is 23.5. The molecular formula is C28H33N3O3. The molecule has 2 aromatic carbocycles. The summed E-state index contributed by atoms with van der Waals surface area (Å²) in [5, 5.41) is 4.48. The smallest absolute Gasteiger partial charge is 0.258 e. The number of methoxy groups -OCH3 is 1. The van der Waals surface area contributed by atoms with E-state index in [-0.39, 0.29) is 11.5 Å². The maximum absolute atomic E-state index is 13.4. The first-order chi connectivity index (χ1) is 16.7. The highest BCUT2D eigenvalue weighted by Gasteiger charge is 2.33. The number of carbonyl (C=O) groups excluding carboxylic acids is 1. The predicted octanol–water partition coefficient (Wildman–Crippen LogP) is 4.05. The molecular weight excluding hydrogens is 426 g/mol. The van der Waals surface area contributed by atoms with E-state index in [1.165, 1.54) is 38.8 Å². The summed E-state index contributed by atoms with van der Waals surface area (Å²) >= 11 is 0. The Morgan fingerprint density at radius 1 is 1.00 bits per heavy atom. The highest BCUT2D eigenvalue weighted by atomic mass is 16.5. The lowest BCUT2D eigenvalue weighted by Gasteiger charge is -2.44. The van der Waals surface area contributed by atoms with Gasteiger partial charge in [0.25, 0.3) is 11.5 Å². The Kier molecular flexibility index (Phi) is 6.68. The van der Waals surface area contributed by atoms with Gasteiger partial charge in [-0.05, 0) is 56.8 Å². The van der Waals surface area contributed by atoms with Crippen LogP contribution in [0.1, 0.15) is 48.0 Å². The first kappa shape index (κ1) is 22.7. The average molecular weight is 460 g/mol. The summed E-state index contributed by atoms with van der Waals surface area (Å²) in [5.41, 5.74) is 1.33. The molecule has 2 aliphatic heterocycles. The van der Waals surface area contributed by atoms with Gasteiger partial charge in [-0.2, -0.15) is 0 Å². The second-order valence-corrected chi connectivity index (χ2v) is 9.54. The number of pyridine rings is 1. The minimum absolute atomic E-state index is 0.108. The van der Waals surface area contributed by atoms with Gasteiger partial charge < -0.3 is 19.5 Å². The number of rotatable bonds is 6. The molecule has 1 N–H and O–H groups in total. The number of piperidine rings is 2. The minimum atomic E-state index is -0.113. The monoisotopic (exact) mass is 459 g/mol. The molecule has 2 fully saturated rings. The molecule has 0 unspecified atom stereocenters. The number of amides is 1. The molecule has 34 heavy (non-hydrogen) atoms. The molecule has 2 aliphatic rings. The molecule has 0 aliphatic carbocycles. The summed E-state index contributed by atoms with van der Waals surface area (Å²) in [6.45, 7) is 3.40. The van der Waals surface area contributed by atoms with Crippen LogP contribution in [0.5, 0.6) is 5.75 Å². The number of nitrogens with zero attached hydrogens (tertiary/aromatic N) is 2. The topological polar surface area (TPSA) is 63.6 Å². The molecule has 0 spiro atoms. The summed E-state index contributed by atoms with van der Waals surface area (Å²) in [7, 11) is 1.62. The normalized spacial score (nSPS) is 20.6. The number of fused-ring (bicyclic) bond motifs is 2. The van der Waals surface area contributed by atoms with E-state index >= 15 is 0 Å². The summed E-state index contributed by atoms with van der Waals surface area (Å²) < 4.78 is 7.10. The molecule has 2 atom stereocenters. The van der Waals surface area contributed by atoms with Crippen molar-refractivity contribution in [3.8, 4) is 5.75 Å². The Morgan fingerprint density at radius 2 is 1.76 bits per heavy atom. The maximum Gasteiger partial charge on any atom is 0.258 e. The largest absolute Gasteiger partial charge is 0.496 e. The van der Waals surface area contributed by atoms with Crippen molar-refractivity contribution in [2.45, 2.75) is 44.7 Å². The SMILES string of the molecule is COc1ccccc1Cn1cc(C(=O)NC[C@H]2CCCN3CCCC[C@H]23)c2ccccc2c1=O. The van der Waals surface area contributed by atoms with Crippen LogP contribution in [0.2, 0.25) is 0 Å². The zero-order valence-electron chi connectivity index (χ0n) is 19.8. The second-order valence-electron chi connectivity index (χ2n) is 9.54. The lowest BCUT2D eigenvalue weighted by Crippen LogP contribution is -2.51. The van der Waals surface area contributed by atoms with E-state index in [1.54, 1.807) is 23.9 Å². The van der Waals surface area contributed by atoms with Crippen molar-refractivity contribution >= 4 is 16.7 Å². The maximum atomic E-state index is 13.4. The van der Waals surface area contributed by atoms with Crippen molar-refractivity contribution < 1.29 is 9.53 Å². The van der Waals surface area contributed by atoms with Crippen molar-refractivity contribution in [3.05, 3.63) is 76.2 Å². The van der Waals surface area contributed by atoms with Crippen LogP contribution in [-0.4, -0.2) is 48.2 Å². The van der Waals surface area contributed by atoms with E-state index in [0.717, 1.165) is 17.7 Å². The zero-order valence-corrected chi connectivity index (χ0v) is 19.8. The molecule has 2 saturated heterocycles. The fourth-order valence-electron chi connectivity index (χ4n) is 5.79. The van der Waals surface area contributed by atoms with E-state index in [2.05, 4.69) is 10.2 Å².